The largest absolute Gasteiger partial charge is 0.628 e. The number of hydrogen-bond acceptors (Lipinski definition) is 1. The third-order valence-corrected chi connectivity index (χ3v) is 2.31. The van der Waals surface area contributed by atoms with Gasteiger partial charge in [0.25, 0.3) is 0 Å². The van der Waals surface area contributed by atoms with E-state index in [-0.39, 0.29) is 4.65 Å². The maximum absolute atomic E-state index is 11.7. The van der Waals surface area contributed by atoms with Crippen molar-refractivity contribution in [2.45, 2.75) is 6.42 Å². The monoisotopic (exact) mass is 149 g/mol. The van der Waals surface area contributed by atoms with E-state index in [9.17, 15) is 5.21 Å². The van der Waals surface area contributed by atoms with E-state index in [0.717, 1.165) is 12.1 Å². The van der Waals surface area contributed by atoms with Crippen molar-refractivity contribution < 1.29 is 0 Å². The lowest BCUT2D eigenvalue weighted by atomic mass is 10.2. The summed E-state index contributed by atoms with van der Waals surface area (Å²) in [5, 5.41) is 11.7. The van der Waals surface area contributed by atoms with Crippen molar-refractivity contribution in [3.63, 3.8) is 0 Å². The lowest BCUT2D eigenvalue weighted by Gasteiger charge is -2.33. The average molecular weight is 149 g/mol. The number of quaternary nitrogens is 1. The van der Waals surface area contributed by atoms with Crippen LogP contribution in [0.4, 0.5) is 5.69 Å². The Bertz CT molecular complexity index is 281. The lowest BCUT2D eigenvalue weighted by Crippen LogP contribution is -2.35. The molecule has 0 aromatic heterocycles. The Morgan fingerprint density at radius 1 is 1.36 bits per heavy atom. The van der Waals surface area contributed by atoms with Gasteiger partial charge in [0.1, 0.15) is 5.69 Å². The molecular formula is C9H11NO. The van der Waals surface area contributed by atoms with E-state index in [0.29, 0.717) is 6.54 Å². The zero-order valence-electron chi connectivity index (χ0n) is 6.58. The number of hydrogen-bond donors (Lipinski definition) is 0. The Balaban J connectivity index is 2.56. The summed E-state index contributed by atoms with van der Waals surface area (Å²) >= 11 is 0. The standard InChI is InChI=1S/C9H11NO/c1-10(11)7-6-8-4-2-3-5-9(8)10/h2-5H,6-7H2,1H3. The minimum Gasteiger partial charge on any atom is -0.628 e. The maximum Gasteiger partial charge on any atom is 0.136 e. The maximum atomic E-state index is 11.7. The van der Waals surface area contributed by atoms with Crippen LogP contribution in [0.25, 0.3) is 0 Å². The Kier molecular flexibility index (Phi) is 1.28. The third-order valence-electron chi connectivity index (χ3n) is 2.31. The molecule has 0 amide bonds. The van der Waals surface area contributed by atoms with Crippen molar-refractivity contribution >= 4 is 5.69 Å². The zero-order chi connectivity index (χ0) is 7.90. The second-order valence-corrected chi connectivity index (χ2v) is 3.20. The van der Waals surface area contributed by atoms with Gasteiger partial charge in [-0.3, -0.25) is 0 Å². The van der Waals surface area contributed by atoms with Gasteiger partial charge < -0.3 is 9.85 Å². The van der Waals surface area contributed by atoms with E-state index in [2.05, 4.69) is 0 Å². The number of fused-ring (bicyclic) bond motifs is 1. The van der Waals surface area contributed by atoms with Crippen LogP contribution in [0, 0.1) is 5.21 Å². The van der Waals surface area contributed by atoms with Gasteiger partial charge in [0.15, 0.2) is 0 Å². The summed E-state index contributed by atoms with van der Waals surface area (Å²) in [6.45, 7) is 0.694. The number of benzene rings is 1. The van der Waals surface area contributed by atoms with Gasteiger partial charge in [-0.25, -0.2) is 0 Å². The number of nitrogens with zero attached hydrogens (tertiary/aromatic N) is 1. The van der Waals surface area contributed by atoms with Crippen molar-refractivity contribution in [3.05, 3.63) is 35.0 Å². The molecule has 2 heteroatoms. The minimum absolute atomic E-state index is 0.198. The molecular weight excluding hydrogens is 138 g/mol. The topological polar surface area (TPSA) is 23.1 Å². The summed E-state index contributed by atoms with van der Waals surface area (Å²) < 4.78 is -0.198. The van der Waals surface area contributed by atoms with Gasteiger partial charge in [-0.2, -0.15) is 0 Å². The number of rotatable bonds is 0. The first-order valence-corrected chi connectivity index (χ1v) is 3.85. The molecule has 0 saturated heterocycles. The van der Waals surface area contributed by atoms with E-state index in [4.69, 9.17) is 0 Å². The van der Waals surface area contributed by atoms with E-state index in [1.165, 1.54) is 5.56 Å². The van der Waals surface area contributed by atoms with Crippen LogP contribution < -0.4 is 4.65 Å². The number of likely N-dealkylation sites (N-methyl/N-ethyl adjacent to an activating group) is 1. The molecule has 2 rings (SSSR count). The molecule has 0 radical (unpaired) electrons. The minimum atomic E-state index is -0.198. The van der Waals surface area contributed by atoms with Crippen LogP contribution >= 0.6 is 0 Å². The van der Waals surface area contributed by atoms with Crippen molar-refractivity contribution in [1.82, 2.24) is 4.65 Å². The van der Waals surface area contributed by atoms with Gasteiger partial charge in [-0.1, -0.05) is 18.2 Å². The van der Waals surface area contributed by atoms with E-state index in [1.54, 1.807) is 7.05 Å². The molecule has 1 aromatic carbocycles. The summed E-state index contributed by atoms with van der Waals surface area (Å²) in [7, 11) is 1.71. The van der Waals surface area contributed by atoms with Crippen LogP contribution in [0.3, 0.4) is 0 Å². The van der Waals surface area contributed by atoms with Crippen molar-refractivity contribution in [1.29, 1.82) is 0 Å². The molecule has 11 heavy (non-hydrogen) atoms. The Labute approximate surface area is 66.2 Å². The van der Waals surface area contributed by atoms with Gasteiger partial charge in [0.05, 0.1) is 13.6 Å². The molecule has 0 bridgehead atoms. The smallest absolute Gasteiger partial charge is 0.136 e. The fourth-order valence-electron chi connectivity index (χ4n) is 1.64. The Morgan fingerprint density at radius 3 is 2.82 bits per heavy atom. The first-order chi connectivity index (χ1) is 5.20. The van der Waals surface area contributed by atoms with Crippen LogP contribution in [0.2, 0.25) is 0 Å². The van der Waals surface area contributed by atoms with Crippen molar-refractivity contribution in [2.75, 3.05) is 13.6 Å². The molecule has 2 nitrogen and oxygen atoms in total. The predicted molar refractivity (Wildman–Crippen MR) is 46.1 cm³/mol. The fraction of sp³-hybridized carbons (Fsp3) is 0.333. The zero-order valence-corrected chi connectivity index (χ0v) is 6.58. The van der Waals surface area contributed by atoms with E-state index < -0.39 is 0 Å². The summed E-state index contributed by atoms with van der Waals surface area (Å²) in [4.78, 5) is 0. The highest BCUT2D eigenvalue weighted by Crippen LogP contribution is 2.31. The van der Waals surface area contributed by atoms with Gasteiger partial charge in [-0.05, 0) is 6.07 Å². The highest BCUT2D eigenvalue weighted by Gasteiger charge is 2.25. The van der Waals surface area contributed by atoms with Crippen molar-refractivity contribution in [3.8, 4) is 0 Å². The first kappa shape index (κ1) is 6.83. The molecule has 0 N–H and O–H groups in total. The van der Waals surface area contributed by atoms with Crippen LogP contribution in [-0.2, 0) is 6.42 Å². The molecule has 1 aromatic rings. The molecule has 1 aliphatic rings. The third kappa shape index (κ3) is 0.951. The summed E-state index contributed by atoms with van der Waals surface area (Å²) in [5.74, 6) is 0. The average Bonchev–Trinajstić information content (AvgIpc) is 2.29. The van der Waals surface area contributed by atoms with Gasteiger partial charge >= 0.3 is 0 Å². The lowest BCUT2D eigenvalue weighted by molar-refractivity contribution is 0.483. The molecule has 0 spiro atoms. The number of hydroxylamine groups is 2. The highest BCUT2D eigenvalue weighted by molar-refractivity contribution is 5.54. The normalized spacial score (nSPS) is 28.5. The molecule has 58 valence electrons. The Hall–Kier alpha value is -0.860. The van der Waals surface area contributed by atoms with Gasteiger partial charge in [0, 0.05) is 12.0 Å². The fourth-order valence-corrected chi connectivity index (χ4v) is 1.64. The first-order valence-electron chi connectivity index (χ1n) is 3.85. The Morgan fingerprint density at radius 2 is 2.09 bits per heavy atom. The van der Waals surface area contributed by atoms with Crippen LogP contribution in [-0.4, -0.2) is 13.6 Å². The van der Waals surface area contributed by atoms with Gasteiger partial charge in [-0.15, -0.1) is 0 Å². The molecule has 0 fully saturated rings. The predicted octanol–water partition coefficient (Wildman–Crippen LogP) is 1.68. The van der Waals surface area contributed by atoms with Crippen molar-refractivity contribution in [2.24, 2.45) is 0 Å². The van der Waals surface area contributed by atoms with Gasteiger partial charge in [0.2, 0.25) is 0 Å². The summed E-state index contributed by atoms with van der Waals surface area (Å²) in [6, 6.07) is 7.88. The second kappa shape index (κ2) is 2.06. The summed E-state index contributed by atoms with van der Waals surface area (Å²) in [5.41, 5.74) is 2.15. The molecule has 1 atom stereocenters. The highest BCUT2D eigenvalue weighted by atomic mass is 16.5. The second-order valence-electron chi connectivity index (χ2n) is 3.20. The SMILES string of the molecule is C[N+]1([O-])CCc2ccccc21. The van der Waals surface area contributed by atoms with E-state index in [1.807, 2.05) is 24.3 Å². The number of para-hydroxylation sites is 1. The van der Waals surface area contributed by atoms with E-state index >= 15 is 0 Å². The van der Waals surface area contributed by atoms with Crippen LogP contribution in [0.1, 0.15) is 5.56 Å². The summed E-state index contributed by atoms with van der Waals surface area (Å²) in [6.07, 6.45) is 0.927. The molecule has 0 saturated carbocycles. The van der Waals surface area contributed by atoms with Crippen LogP contribution in [0.5, 0.6) is 0 Å². The quantitative estimate of drug-likeness (QED) is 0.406. The molecule has 1 unspecified atom stereocenters. The molecule has 1 heterocycles. The van der Waals surface area contributed by atoms with Crippen LogP contribution in [0.15, 0.2) is 24.3 Å². The molecule has 1 aliphatic heterocycles. The molecule has 0 aliphatic carbocycles.